The van der Waals surface area contributed by atoms with Crippen LogP contribution in [0.25, 0.3) is 0 Å². The lowest BCUT2D eigenvalue weighted by atomic mass is 10.1. The van der Waals surface area contributed by atoms with Crippen LogP contribution in [0.5, 0.6) is 0 Å². The number of carbonyl (C=O) groups is 1. The van der Waals surface area contributed by atoms with Gasteiger partial charge in [-0.15, -0.1) is 0 Å². The number of aliphatic hydroxyl groups excluding tert-OH is 2. The van der Waals surface area contributed by atoms with Crippen LogP contribution in [0.3, 0.4) is 0 Å². The predicted octanol–water partition coefficient (Wildman–Crippen LogP) is 12.5. The maximum Gasteiger partial charge on any atom is 0.472 e. The van der Waals surface area contributed by atoms with Crippen molar-refractivity contribution < 1.29 is 43.0 Å². The van der Waals surface area contributed by atoms with Crippen molar-refractivity contribution in [3.05, 3.63) is 72.9 Å². The molecule has 330 valence electrons. The summed E-state index contributed by atoms with van der Waals surface area (Å²) >= 11 is 0. The van der Waals surface area contributed by atoms with Gasteiger partial charge in [-0.1, -0.05) is 157 Å². The first-order chi connectivity index (χ1) is 27.8. The zero-order chi connectivity index (χ0) is 41.8. The molecule has 10 heteroatoms. The molecular weight excluding hydrogens is 739 g/mol. The molecule has 0 bridgehead atoms. The molecule has 0 rings (SSSR count). The lowest BCUT2D eigenvalue weighted by Crippen LogP contribution is -2.29. The molecule has 0 aliphatic heterocycles. The zero-order valence-corrected chi connectivity index (χ0v) is 36.9. The minimum atomic E-state index is -4.53. The number of phosphoric ester groups is 1. The second-order valence-electron chi connectivity index (χ2n) is 14.7. The number of rotatable bonds is 42. The van der Waals surface area contributed by atoms with E-state index in [9.17, 15) is 19.4 Å². The van der Waals surface area contributed by atoms with E-state index in [2.05, 4.69) is 86.8 Å². The Kier molecular flexibility index (Phi) is 41.9. The average molecular weight is 823 g/mol. The van der Waals surface area contributed by atoms with Crippen molar-refractivity contribution in [3.8, 4) is 0 Å². The molecule has 0 aromatic carbocycles. The summed E-state index contributed by atoms with van der Waals surface area (Å²) in [7, 11) is -4.53. The molecule has 0 spiro atoms. The summed E-state index contributed by atoms with van der Waals surface area (Å²) in [5, 5.41) is 18.4. The van der Waals surface area contributed by atoms with Gasteiger partial charge in [0.05, 0.1) is 26.4 Å². The summed E-state index contributed by atoms with van der Waals surface area (Å²) in [6, 6.07) is 0. The summed E-state index contributed by atoms with van der Waals surface area (Å²) < 4.78 is 33.4. The fourth-order valence-corrected chi connectivity index (χ4v) is 6.52. The minimum Gasteiger partial charge on any atom is -0.457 e. The second kappa shape index (κ2) is 43.5. The van der Waals surface area contributed by atoms with Crippen molar-refractivity contribution in [3.63, 3.8) is 0 Å². The maximum atomic E-state index is 12.6. The minimum absolute atomic E-state index is 0.0314. The van der Waals surface area contributed by atoms with Gasteiger partial charge in [0.15, 0.2) is 0 Å². The number of esters is 1. The number of allylic oxidation sites excluding steroid dienone is 12. The number of phosphoric acid groups is 1. The number of unbranched alkanes of at least 4 members (excludes halogenated alkanes) is 16. The first-order valence-electron chi connectivity index (χ1n) is 22.4. The van der Waals surface area contributed by atoms with Crippen LogP contribution in [0.1, 0.15) is 174 Å². The van der Waals surface area contributed by atoms with Crippen LogP contribution in [0.4, 0.5) is 0 Å². The summed E-state index contributed by atoms with van der Waals surface area (Å²) in [4.78, 5) is 22.6. The molecule has 0 heterocycles. The van der Waals surface area contributed by atoms with E-state index in [-0.39, 0.29) is 13.0 Å². The van der Waals surface area contributed by atoms with Gasteiger partial charge in [-0.05, 0) is 83.5 Å². The van der Waals surface area contributed by atoms with Crippen molar-refractivity contribution in [2.24, 2.45) is 0 Å². The number of ether oxygens (including phenoxy) is 2. The van der Waals surface area contributed by atoms with Gasteiger partial charge in [0, 0.05) is 13.0 Å². The van der Waals surface area contributed by atoms with E-state index in [0.717, 1.165) is 83.5 Å². The lowest BCUT2D eigenvalue weighted by Gasteiger charge is -2.20. The highest BCUT2D eigenvalue weighted by atomic mass is 31.2. The number of hydrogen-bond donors (Lipinski definition) is 3. The van der Waals surface area contributed by atoms with E-state index in [1.165, 1.54) is 64.2 Å². The quantitative estimate of drug-likeness (QED) is 0.0238. The molecule has 0 aliphatic carbocycles. The third-order valence-corrected chi connectivity index (χ3v) is 10.1. The van der Waals surface area contributed by atoms with E-state index in [4.69, 9.17) is 23.6 Å². The van der Waals surface area contributed by atoms with Crippen molar-refractivity contribution in [2.45, 2.75) is 187 Å². The Hall–Kier alpha value is -2.10. The Balaban J connectivity index is 4.22. The summed E-state index contributed by atoms with van der Waals surface area (Å²) in [6.07, 6.45) is 51.4. The molecule has 3 unspecified atom stereocenters. The Morgan fingerprint density at radius 1 is 0.561 bits per heavy atom. The molecule has 0 radical (unpaired) electrons. The van der Waals surface area contributed by atoms with E-state index in [0.29, 0.717) is 13.0 Å². The van der Waals surface area contributed by atoms with Gasteiger partial charge < -0.3 is 24.6 Å². The molecule has 0 aromatic heterocycles. The van der Waals surface area contributed by atoms with Crippen molar-refractivity contribution in [2.75, 3.05) is 33.0 Å². The number of hydrogen-bond acceptors (Lipinski definition) is 8. The molecule has 57 heavy (non-hydrogen) atoms. The second-order valence-corrected chi connectivity index (χ2v) is 16.1. The highest BCUT2D eigenvalue weighted by Crippen LogP contribution is 2.43. The standard InChI is InChI=1S/C47H83O9P/c1-3-5-7-9-11-13-15-17-19-21-22-24-26-28-30-32-34-36-38-40-53-43-46(44-55-57(51,52)54-42-45(49)41-48)56-47(50)39-37-35-33-31-29-27-25-23-20-18-16-14-12-10-8-6-4-2/h6,8,12-15,18-21,25,27,45-46,48-49H,3-5,7,9-11,16-17,22-24,26,28-44H2,1-2H3,(H,51,52)/b8-6-,14-12-,15-13-,20-18-,21-19-,27-25-. The average Bonchev–Trinajstić information content (AvgIpc) is 3.20. The first-order valence-corrected chi connectivity index (χ1v) is 23.9. The van der Waals surface area contributed by atoms with Crippen molar-refractivity contribution >= 4 is 13.8 Å². The third kappa shape index (κ3) is 43.3. The zero-order valence-electron chi connectivity index (χ0n) is 36.0. The topological polar surface area (TPSA) is 132 Å². The molecule has 0 fully saturated rings. The SMILES string of the molecule is CC/C=C\C/C=C\C/C=C\C/C=C\CCCCCCC(=O)OC(COCCCCCCCCCC/C=C\C/C=C\CCCCCC)COP(=O)(O)OCC(O)CO. The van der Waals surface area contributed by atoms with Crippen LogP contribution in [-0.4, -0.2) is 66.3 Å². The lowest BCUT2D eigenvalue weighted by molar-refractivity contribution is -0.154. The molecule has 0 amide bonds. The van der Waals surface area contributed by atoms with Gasteiger partial charge in [-0.25, -0.2) is 4.57 Å². The van der Waals surface area contributed by atoms with E-state index in [1.807, 2.05) is 0 Å². The van der Waals surface area contributed by atoms with E-state index >= 15 is 0 Å². The van der Waals surface area contributed by atoms with E-state index < -0.39 is 45.8 Å². The van der Waals surface area contributed by atoms with Crippen LogP contribution in [0.2, 0.25) is 0 Å². The number of aliphatic hydroxyl groups is 2. The monoisotopic (exact) mass is 823 g/mol. The van der Waals surface area contributed by atoms with Crippen molar-refractivity contribution in [1.29, 1.82) is 0 Å². The summed E-state index contributed by atoms with van der Waals surface area (Å²) in [5.41, 5.74) is 0. The van der Waals surface area contributed by atoms with Gasteiger partial charge in [-0.3, -0.25) is 13.8 Å². The summed E-state index contributed by atoms with van der Waals surface area (Å²) in [5.74, 6) is -0.410. The largest absolute Gasteiger partial charge is 0.472 e. The Morgan fingerprint density at radius 3 is 1.51 bits per heavy atom. The molecule has 3 atom stereocenters. The Labute approximate surface area is 348 Å². The fourth-order valence-electron chi connectivity index (χ4n) is 5.73. The van der Waals surface area contributed by atoms with Gasteiger partial charge >= 0.3 is 13.8 Å². The molecule has 0 aromatic rings. The van der Waals surface area contributed by atoms with Crippen LogP contribution in [0.15, 0.2) is 72.9 Å². The first kappa shape index (κ1) is 54.9. The highest BCUT2D eigenvalue weighted by molar-refractivity contribution is 7.47. The number of carbonyl (C=O) groups excluding carboxylic acids is 1. The van der Waals surface area contributed by atoms with E-state index in [1.54, 1.807) is 0 Å². The van der Waals surface area contributed by atoms with Gasteiger partial charge in [0.1, 0.15) is 12.2 Å². The third-order valence-electron chi connectivity index (χ3n) is 9.13. The van der Waals surface area contributed by atoms with Crippen LogP contribution >= 0.6 is 7.82 Å². The molecule has 9 nitrogen and oxygen atoms in total. The summed E-state index contributed by atoms with van der Waals surface area (Å²) in [6.45, 7) is 3.33. The van der Waals surface area contributed by atoms with Crippen LogP contribution in [-0.2, 0) is 27.9 Å². The van der Waals surface area contributed by atoms with Crippen LogP contribution < -0.4 is 0 Å². The highest BCUT2D eigenvalue weighted by Gasteiger charge is 2.26. The molecule has 3 N–H and O–H groups in total. The smallest absolute Gasteiger partial charge is 0.457 e. The van der Waals surface area contributed by atoms with Crippen LogP contribution in [0, 0.1) is 0 Å². The Bertz CT molecular complexity index is 1110. The van der Waals surface area contributed by atoms with Gasteiger partial charge in [0.25, 0.3) is 0 Å². The Morgan fingerprint density at radius 2 is 1.00 bits per heavy atom. The predicted molar refractivity (Wildman–Crippen MR) is 237 cm³/mol. The van der Waals surface area contributed by atoms with Gasteiger partial charge in [0.2, 0.25) is 0 Å². The molecule has 0 saturated carbocycles. The molecular formula is C47H83O9P. The van der Waals surface area contributed by atoms with Crippen molar-refractivity contribution in [1.82, 2.24) is 0 Å². The fraction of sp³-hybridized carbons (Fsp3) is 0.723. The molecule has 0 saturated heterocycles. The maximum absolute atomic E-state index is 12.6. The molecule has 0 aliphatic rings. The normalized spacial score (nSPS) is 14.7. The van der Waals surface area contributed by atoms with Gasteiger partial charge in [-0.2, -0.15) is 0 Å².